The average molecular weight is 408 g/mol. The Labute approximate surface area is 176 Å². The Bertz CT molecular complexity index is 507. The van der Waals surface area contributed by atoms with Crippen molar-refractivity contribution in [2.45, 2.75) is 51.4 Å². The molecule has 29 heavy (non-hydrogen) atoms. The van der Waals surface area contributed by atoms with Gasteiger partial charge in [-0.05, 0) is 58.2 Å². The van der Waals surface area contributed by atoms with Crippen LogP contribution in [0.25, 0.3) is 0 Å². The normalized spacial score (nSPS) is 22.7. The topological polar surface area (TPSA) is 60.4 Å². The minimum absolute atomic E-state index is 0.164. The Kier molecular flexibility index (Phi) is 9.54. The number of unbranched alkanes of at least 4 members (excludes halogenated alkanes) is 2. The summed E-state index contributed by atoms with van der Waals surface area (Å²) in [5.74, 6) is 1.49. The lowest BCUT2D eigenvalue weighted by atomic mass is 9.95. The molecule has 0 aromatic carbocycles. The molecule has 3 heterocycles. The minimum Gasteiger partial charge on any atom is -0.378 e. The van der Waals surface area contributed by atoms with Crippen LogP contribution in [-0.2, 0) is 9.53 Å². The third kappa shape index (κ3) is 7.14. The van der Waals surface area contributed by atoms with Crippen LogP contribution in [0.1, 0.15) is 51.4 Å². The molecule has 3 aliphatic heterocycles. The summed E-state index contributed by atoms with van der Waals surface area (Å²) >= 11 is 0. The van der Waals surface area contributed by atoms with Crippen LogP contribution in [-0.4, -0.2) is 99.2 Å². The van der Waals surface area contributed by atoms with Gasteiger partial charge in [0, 0.05) is 45.7 Å². The smallest absolute Gasteiger partial charge is 0.225 e. The van der Waals surface area contributed by atoms with E-state index in [1.54, 1.807) is 0 Å². The van der Waals surface area contributed by atoms with Crippen LogP contribution in [0.2, 0.25) is 0 Å². The maximum absolute atomic E-state index is 12.7. The van der Waals surface area contributed by atoms with Gasteiger partial charge in [-0.15, -0.1) is 0 Å². The molecule has 0 atom stereocenters. The molecule has 1 N–H and O–H groups in total. The van der Waals surface area contributed by atoms with Crippen molar-refractivity contribution in [2.75, 3.05) is 72.6 Å². The van der Waals surface area contributed by atoms with Crippen molar-refractivity contribution in [1.82, 2.24) is 20.0 Å². The van der Waals surface area contributed by atoms with Gasteiger partial charge in [-0.3, -0.25) is 9.79 Å². The molecule has 3 saturated heterocycles. The second-order valence-corrected chi connectivity index (χ2v) is 8.64. The van der Waals surface area contributed by atoms with Crippen molar-refractivity contribution in [1.29, 1.82) is 0 Å². The van der Waals surface area contributed by atoms with Crippen LogP contribution in [0.3, 0.4) is 0 Å². The zero-order valence-electron chi connectivity index (χ0n) is 18.4. The van der Waals surface area contributed by atoms with E-state index in [2.05, 4.69) is 20.1 Å². The van der Waals surface area contributed by atoms with Gasteiger partial charge >= 0.3 is 0 Å². The molecule has 0 aliphatic carbocycles. The number of piperidine rings is 2. The fraction of sp³-hybridized carbons (Fsp3) is 0.909. The summed E-state index contributed by atoms with van der Waals surface area (Å²) in [5.41, 5.74) is 0. The Balaban J connectivity index is 1.28. The van der Waals surface area contributed by atoms with E-state index < -0.39 is 0 Å². The summed E-state index contributed by atoms with van der Waals surface area (Å²) in [6, 6.07) is 0. The molecule has 0 spiro atoms. The lowest BCUT2D eigenvalue weighted by Gasteiger charge is -2.36. The van der Waals surface area contributed by atoms with Crippen LogP contribution in [0.5, 0.6) is 0 Å². The maximum atomic E-state index is 12.7. The lowest BCUT2D eigenvalue weighted by molar-refractivity contribution is -0.140. The van der Waals surface area contributed by atoms with Crippen molar-refractivity contribution in [3.05, 3.63) is 0 Å². The highest BCUT2D eigenvalue weighted by Crippen LogP contribution is 2.20. The number of carbonyl (C=O) groups is 1. The monoisotopic (exact) mass is 407 g/mol. The van der Waals surface area contributed by atoms with Crippen molar-refractivity contribution in [3.63, 3.8) is 0 Å². The first-order chi connectivity index (χ1) is 14.3. The van der Waals surface area contributed by atoms with E-state index in [9.17, 15) is 4.79 Å². The summed E-state index contributed by atoms with van der Waals surface area (Å²) in [6.07, 6.45) is 9.79. The molecule has 0 bridgehead atoms. The molecule has 3 rings (SSSR count). The number of nitrogens with zero attached hydrogens (tertiary/aromatic N) is 4. The molecule has 166 valence electrons. The standard InChI is InChI=1S/C22H41N5O2/c1-23-22(24-10-4-2-5-11-25-12-6-3-7-13-25)27-14-8-20(9-15-27)21(28)26-16-18-29-19-17-26/h20H,2-19H2,1H3,(H,23,24). The van der Waals surface area contributed by atoms with Gasteiger partial charge in [-0.2, -0.15) is 0 Å². The van der Waals surface area contributed by atoms with Crippen LogP contribution in [0.15, 0.2) is 4.99 Å². The highest BCUT2D eigenvalue weighted by molar-refractivity contribution is 5.81. The van der Waals surface area contributed by atoms with Gasteiger partial charge in [-0.1, -0.05) is 12.8 Å². The second kappa shape index (κ2) is 12.4. The summed E-state index contributed by atoms with van der Waals surface area (Å²) in [6.45, 7) is 9.53. The summed E-state index contributed by atoms with van der Waals surface area (Å²) < 4.78 is 5.36. The van der Waals surface area contributed by atoms with Crippen molar-refractivity contribution < 1.29 is 9.53 Å². The molecule has 0 aromatic rings. The van der Waals surface area contributed by atoms with E-state index in [-0.39, 0.29) is 5.92 Å². The predicted molar refractivity (Wildman–Crippen MR) is 117 cm³/mol. The lowest BCUT2D eigenvalue weighted by Crippen LogP contribution is -2.50. The minimum atomic E-state index is 0.164. The molecule has 1 amide bonds. The van der Waals surface area contributed by atoms with E-state index in [1.165, 1.54) is 58.2 Å². The van der Waals surface area contributed by atoms with Crippen molar-refractivity contribution in [2.24, 2.45) is 10.9 Å². The van der Waals surface area contributed by atoms with Crippen LogP contribution in [0, 0.1) is 5.92 Å². The summed E-state index contributed by atoms with van der Waals surface area (Å²) in [7, 11) is 1.86. The van der Waals surface area contributed by atoms with E-state index >= 15 is 0 Å². The summed E-state index contributed by atoms with van der Waals surface area (Å²) in [5, 5.41) is 3.54. The van der Waals surface area contributed by atoms with E-state index in [0.29, 0.717) is 19.1 Å². The van der Waals surface area contributed by atoms with Crippen LogP contribution >= 0.6 is 0 Å². The van der Waals surface area contributed by atoms with E-state index in [1.807, 2.05) is 11.9 Å². The number of morpholine rings is 1. The number of nitrogens with one attached hydrogen (secondary N) is 1. The molecule has 0 unspecified atom stereocenters. The zero-order chi connectivity index (χ0) is 20.3. The Morgan fingerprint density at radius 2 is 1.66 bits per heavy atom. The summed E-state index contributed by atoms with van der Waals surface area (Å²) in [4.78, 5) is 24.1. The number of aliphatic imine (C=N–C) groups is 1. The number of carbonyl (C=O) groups excluding carboxylic acids is 1. The molecule has 0 radical (unpaired) electrons. The number of hydrogen-bond donors (Lipinski definition) is 1. The van der Waals surface area contributed by atoms with Gasteiger partial charge in [0.1, 0.15) is 0 Å². The Morgan fingerprint density at radius 1 is 0.931 bits per heavy atom. The molecule has 7 nitrogen and oxygen atoms in total. The van der Waals surface area contributed by atoms with Crippen LogP contribution in [0.4, 0.5) is 0 Å². The molecule has 3 aliphatic rings. The number of hydrogen-bond acceptors (Lipinski definition) is 4. The highest BCUT2D eigenvalue weighted by Gasteiger charge is 2.30. The van der Waals surface area contributed by atoms with Gasteiger partial charge in [-0.25, -0.2) is 0 Å². The number of likely N-dealkylation sites (tertiary alicyclic amines) is 2. The largest absolute Gasteiger partial charge is 0.378 e. The van der Waals surface area contributed by atoms with Gasteiger partial charge < -0.3 is 24.8 Å². The second-order valence-electron chi connectivity index (χ2n) is 8.64. The first-order valence-electron chi connectivity index (χ1n) is 11.8. The van der Waals surface area contributed by atoms with Gasteiger partial charge in [0.15, 0.2) is 5.96 Å². The van der Waals surface area contributed by atoms with Gasteiger partial charge in [0.05, 0.1) is 13.2 Å². The quantitative estimate of drug-likeness (QED) is 0.396. The number of amides is 1. The SMILES string of the molecule is CN=C(NCCCCCN1CCCCC1)N1CCC(C(=O)N2CCOCC2)CC1. The van der Waals surface area contributed by atoms with Crippen molar-refractivity contribution in [3.8, 4) is 0 Å². The van der Waals surface area contributed by atoms with E-state index in [0.717, 1.165) is 51.5 Å². The van der Waals surface area contributed by atoms with Crippen molar-refractivity contribution >= 4 is 11.9 Å². The molecule has 0 saturated carbocycles. The Morgan fingerprint density at radius 3 is 2.34 bits per heavy atom. The predicted octanol–water partition coefficient (Wildman–Crippen LogP) is 1.79. The third-order valence-electron chi connectivity index (χ3n) is 6.56. The fourth-order valence-corrected chi connectivity index (χ4v) is 4.73. The molecule has 7 heteroatoms. The van der Waals surface area contributed by atoms with Gasteiger partial charge in [0.25, 0.3) is 0 Å². The van der Waals surface area contributed by atoms with Gasteiger partial charge in [0.2, 0.25) is 5.91 Å². The molecule has 3 fully saturated rings. The molecular weight excluding hydrogens is 366 g/mol. The third-order valence-corrected chi connectivity index (χ3v) is 6.56. The number of rotatable bonds is 7. The molecule has 0 aromatic heterocycles. The first kappa shape index (κ1) is 22.3. The first-order valence-corrected chi connectivity index (χ1v) is 11.8. The average Bonchev–Trinajstić information content (AvgIpc) is 2.79. The number of guanidine groups is 1. The fourth-order valence-electron chi connectivity index (χ4n) is 4.73. The molecular formula is C22H41N5O2. The van der Waals surface area contributed by atoms with E-state index in [4.69, 9.17) is 4.74 Å². The van der Waals surface area contributed by atoms with Crippen LogP contribution < -0.4 is 5.32 Å². The highest BCUT2D eigenvalue weighted by atomic mass is 16.5. The number of ether oxygens (including phenoxy) is 1. The Hall–Kier alpha value is -1.34. The zero-order valence-corrected chi connectivity index (χ0v) is 18.4. The maximum Gasteiger partial charge on any atom is 0.225 e.